The minimum atomic E-state index is -1.08. The molecule has 0 bridgehead atoms. The number of carboxylic acids is 1. The molecule has 1 atom stereocenters. The molecule has 0 amide bonds. The summed E-state index contributed by atoms with van der Waals surface area (Å²) < 4.78 is 27.3. The maximum atomic E-state index is 14.2. The van der Waals surface area contributed by atoms with Crippen LogP contribution >= 0.6 is 0 Å². The average Bonchev–Trinajstić information content (AvgIpc) is 3.30. The van der Waals surface area contributed by atoms with Gasteiger partial charge < -0.3 is 19.5 Å². The van der Waals surface area contributed by atoms with Crippen molar-refractivity contribution in [1.82, 2.24) is 24.5 Å². The van der Waals surface area contributed by atoms with Gasteiger partial charge in [0.2, 0.25) is 5.88 Å². The van der Waals surface area contributed by atoms with Crippen molar-refractivity contribution < 1.29 is 23.8 Å². The van der Waals surface area contributed by atoms with E-state index in [1.807, 2.05) is 18.2 Å². The Kier molecular flexibility index (Phi) is 7.45. The Bertz CT molecular complexity index is 1620. The minimum Gasteiger partial charge on any atom is -0.476 e. The second-order valence-corrected chi connectivity index (χ2v) is 10.1. The van der Waals surface area contributed by atoms with Gasteiger partial charge in [0.1, 0.15) is 18.2 Å². The van der Waals surface area contributed by atoms with E-state index in [1.165, 1.54) is 12.1 Å². The van der Waals surface area contributed by atoms with Crippen LogP contribution in [-0.2, 0) is 24.3 Å². The number of aromatic nitrogens is 4. The Morgan fingerprint density at radius 2 is 1.98 bits per heavy atom. The van der Waals surface area contributed by atoms with Crippen LogP contribution in [0.15, 0.2) is 48.5 Å². The van der Waals surface area contributed by atoms with E-state index in [0.29, 0.717) is 30.1 Å². The van der Waals surface area contributed by atoms with Gasteiger partial charge in [-0.25, -0.2) is 18.7 Å². The zero-order valence-corrected chi connectivity index (χ0v) is 22.2. The number of halogens is 1. The van der Waals surface area contributed by atoms with Gasteiger partial charge in [-0.05, 0) is 36.8 Å². The third kappa shape index (κ3) is 5.82. The normalized spacial score (nSPS) is 17.3. The van der Waals surface area contributed by atoms with Gasteiger partial charge in [0.15, 0.2) is 11.3 Å². The topological polar surface area (TPSA) is 129 Å². The first kappa shape index (κ1) is 26.6. The van der Waals surface area contributed by atoms with Crippen molar-refractivity contribution in [3.63, 3.8) is 0 Å². The molecule has 2 fully saturated rings. The number of rotatable bonds is 9. The molecule has 5 heterocycles. The van der Waals surface area contributed by atoms with E-state index in [1.54, 1.807) is 28.8 Å². The molecular formula is C29H28FN7O4. The van der Waals surface area contributed by atoms with Crippen LogP contribution in [0.2, 0.25) is 0 Å². The molecule has 2 saturated heterocycles. The molecule has 2 aliphatic rings. The Morgan fingerprint density at radius 3 is 2.68 bits per heavy atom. The molecule has 210 valence electrons. The second kappa shape index (κ2) is 11.5. The van der Waals surface area contributed by atoms with Gasteiger partial charge in [0.05, 0.1) is 29.1 Å². The Morgan fingerprint density at radius 1 is 1.15 bits per heavy atom. The summed E-state index contributed by atoms with van der Waals surface area (Å²) in [6.45, 7) is 4.42. The third-order valence-corrected chi connectivity index (χ3v) is 7.42. The average molecular weight is 558 g/mol. The third-order valence-electron chi connectivity index (χ3n) is 7.42. The fourth-order valence-electron chi connectivity index (χ4n) is 5.02. The summed E-state index contributed by atoms with van der Waals surface area (Å²) >= 11 is 0. The molecule has 1 N–H and O–H groups in total. The van der Waals surface area contributed by atoms with Crippen molar-refractivity contribution in [3.8, 4) is 11.9 Å². The summed E-state index contributed by atoms with van der Waals surface area (Å²) in [7, 11) is 0. The number of hydrogen-bond donors (Lipinski definition) is 1. The van der Waals surface area contributed by atoms with Crippen LogP contribution < -0.4 is 9.64 Å². The van der Waals surface area contributed by atoms with Crippen molar-refractivity contribution in [2.45, 2.75) is 32.1 Å². The van der Waals surface area contributed by atoms with Crippen molar-refractivity contribution in [2.24, 2.45) is 0 Å². The molecule has 6 rings (SSSR count). The van der Waals surface area contributed by atoms with E-state index in [4.69, 9.17) is 19.7 Å². The van der Waals surface area contributed by atoms with E-state index in [9.17, 15) is 14.3 Å². The van der Waals surface area contributed by atoms with Crippen molar-refractivity contribution in [1.29, 1.82) is 5.26 Å². The highest BCUT2D eigenvalue weighted by Crippen LogP contribution is 2.24. The predicted molar refractivity (Wildman–Crippen MR) is 145 cm³/mol. The maximum Gasteiger partial charge on any atom is 0.356 e. The number of ether oxygens (including phenoxy) is 2. The summed E-state index contributed by atoms with van der Waals surface area (Å²) in [4.78, 5) is 25.4. The lowest BCUT2D eigenvalue weighted by Crippen LogP contribution is -2.46. The number of benzene rings is 1. The Balaban J connectivity index is 1.10. The number of hydrogen-bond acceptors (Lipinski definition) is 9. The molecule has 1 unspecified atom stereocenters. The molecular weight excluding hydrogens is 529 g/mol. The van der Waals surface area contributed by atoms with Gasteiger partial charge in [-0.1, -0.05) is 12.1 Å². The van der Waals surface area contributed by atoms with E-state index in [0.717, 1.165) is 56.4 Å². The van der Waals surface area contributed by atoms with Gasteiger partial charge in [-0.3, -0.25) is 4.90 Å². The van der Waals surface area contributed by atoms with Crippen LogP contribution in [0, 0.1) is 17.1 Å². The van der Waals surface area contributed by atoms with Gasteiger partial charge in [0, 0.05) is 57.4 Å². The van der Waals surface area contributed by atoms with E-state index >= 15 is 0 Å². The molecule has 0 saturated carbocycles. The first-order valence-corrected chi connectivity index (χ1v) is 13.4. The van der Waals surface area contributed by atoms with E-state index in [-0.39, 0.29) is 24.0 Å². The fraction of sp³-hybridized carbons (Fsp3) is 0.345. The zero-order chi connectivity index (χ0) is 28.3. The van der Waals surface area contributed by atoms with Crippen LogP contribution in [0.5, 0.6) is 5.88 Å². The first-order chi connectivity index (χ1) is 20.0. The van der Waals surface area contributed by atoms with Crippen molar-refractivity contribution in [2.75, 3.05) is 37.7 Å². The van der Waals surface area contributed by atoms with Crippen LogP contribution in [0.1, 0.15) is 39.4 Å². The lowest BCUT2D eigenvalue weighted by atomic mass is 10.1. The number of carbonyl (C=O) groups is 1. The molecule has 11 nitrogen and oxygen atoms in total. The summed E-state index contributed by atoms with van der Waals surface area (Å²) in [5.41, 5.74) is 2.99. The summed E-state index contributed by atoms with van der Waals surface area (Å²) in [6.07, 6.45) is 1.69. The highest BCUT2D eigenvalue weighted by molar-refractivity contribution is 5.85. The number of piperazine rings is 1. The van der Waals surface area contributed by atoms with E-state index in [2.05, 4.69) is 19.9 Å². The molecule has 2 aliphatic heterocycles. The van der Waals surface area contributed by atoms with Gasteiger partial charge >= 0.3 is 5.97 Å². The van der Waals surface area contributed by atoms with Crippen molar-refractivity contribution in [3.05, 3.63) is 82.6 Å². The number of nitriles is 1. The highest BCUT2D eigenvalue weighted by atomic mass is 19.1. The second-order valence-electron chi connectivity index (χ2n) is 10.1. The van der Waals surface area contributed by atoms with Gasteiger partial charge in [-0.15, -0.1) is 0 Å². The molecule has 0 spiro atoms. The summed E-state index contributed by atoms with van der Waals surface area (Å²) in [5, 5.41) is 22.7. The lowest BCUT2D eigenvalue weighted by Gasteiger charge is -2.35. The van der Waals surface area contributed by atoms with Crippen LogP contribution in [0.3, 0.4) is 0 Å². The molecule has 0 aliphatic carbocycles. The quantitative estimate of drug-likeness (QED) is 0.328. The molecule has 0 radical (unpaired) electrons. The molecule has 1 aromatic carbocycles. The summed E-state index contributed by atoms with van der Waals surface area (Å²) in [5.74, 6) is -0.380. The SMILES string of the molecule is N#Cc1ccc(COc2cccc(N3CCN(Cc4nc5ccc(C(=O)O)nn5c4CC4CCO4)CC3)n2)c(F)c1. The number of imidazole rings is 1. The largest absolute Gasteiger partial charge is 0.476 e. The number of anilines is 1. The first-order valence-electron chi connectivity index (χ1n) is 13.4. The van der Waals surface area contributed by atoms with Crippen LogP contribution in [0.4, 0.5) is 10.2 Å². The number of pyridine rings is 1. The molecule has 12 heteroatoms. The molecule has 41 heavy (non-hydrogen) atoms. The number of carboxylic acid groups (broad SMARTS) is 1. The molecule has 3 aromatic heterocycles. The number of nitrogens with zero attached hydrogens (tertiary/aromatic N) is 7. The van der Waals surface area contributed by atoms with Crippen LogP contribution in [-0.4, -0.2) is 74.4 Å². The van der Waals surface area contributed by atoms with Gasteiger partial charge in [0.25, 0.3) is 0 Å². The number of fused-ring (bicyclic) bond motifs is 1. The van der Waals surface area contributed by atoms with Gasteiger partial charge in [-0.2, -0.15) is 15.3 Å². The zero-order valence-electron chi connectivity index (χ0n) is 22.2. The summed E-state index contributed by atoms with van der Waals surface area (Å²) in [6, 6.07) is 14.9. The standard InChI is InChI=1S/C29H28FN7O4/c30-22-14-19(16-31)4-5-20(22)18-41-28-3-1-2-26(33-28)36-11-9-35(10-12-36)17-24-25(15-21-8-13-40-21)37-27(32-24)7-6-23(34-37)29(38)39/h1-7,14,21H,8-13,15,17-18H2,(H,38,39). The van der Waals surface area contributed by atoms with Crippen molar-refractivity contribution >= 4 is 17.4 Å². The smallest absolute Gasteiger partial charge is 0.356 e. The maximum absolute atomic E-state index is 14.2. The Hall–Kier alpha value is -4.60. The fourth-order valence-corrected chi connectivity index (χ4v) is 5.02. The lowest BCUT2D eigenvalue weighted by molar-refractivity contribution is -0.0500. The van der Waals surface area contributed by atoms with Crippen LogP contribution in [0.25, 0.3) is 5.65 Å². The number of aromatic carboxylic acids is 1. The predicted octanol–water partition coefficient (Wildman–Crippen LogP) is 3.07. The highest BCUT2D eigenvalue weighted by Gasteiger charge is 2.26. The minimum absolute atomic E-state index is 0.0117. The van der Waals surface area contributed by atoms with E-state index < -0.39 is 11.8 Å². The molecule has 4 aromatic rings. The Labute approximate surface area is 235 Å². The monoisotopic (exact) mass is 557 g/mol.